The van der Waals surface area contributed by atoms with Crippen LogP contribution in [0.1, 0.15) is 22.6 Å². The molecule has 1 amide bonds. The topological polar surface area (TPSA) is 66.6 Å². The highest BCUT2D eigenvalue weighted by atomic mass is 16.6. The third kappa shape index (κ3) is 3.67. The number of carbonyl (C=O) groups excluding carboxylic acids is 1. The highest BCUT2D eigenvalue weighted by Crippen LogP contribution is 2.44. The molecular formula is C26H23NO4. The number of ether oxygens (including phenoxy) is 1. The van der Waals surface area contributed by atoms with Gasteiger partial charge in [-0.2, -0.15) is 0 Å². The number of benzene rings is 3. The van der Waals surface area contributed by atoms with E-state index in [1.165, 1.54) is 16.0 Å². The Hall–Kier alpha value is -3.60. The Morgan fingerprint density at radius 1 is 0.903 bits per heavy atom. The van der Waals surface area contributed by atoms with Crippen molar-refractivity contribution in [3.05, 3.63) is 95.6 Å². The molecule has 3 aromatic rings. The van der Waals surface area contributed by atoms with Crippen molar-refractivity contribution in [1.29, 1.82) is 0 Å². The van der Waals surface area contributed by atoms with Crippen molar-refractivity contribution in [1.82, 2.24) is 4.90 Å². The zero-order chi connectivity index (χ0) is 21.4. The molecule has 1 saturated heterocycles. The highest BCUT2D eigenvalue weighted by Gasteiger charge is 2.48. The van der Waals surface area contributed by atoms with Crippen LogP contribution in [0.4, 0.5) is 4.79 Å². The van der Waals surface area contributed by atoms with E-state index in [4.69, 9.17) is 4.74 Å². The van der Waals surface area contributed by atoms with E-state index in [0.717, 1.165) is 16.7 Å². The van der Waals surface area contributed by atoms with E-state index in [-0.39, 0.29) is 18.6 Å². The molecule has 1 N–H and O–H groups in total. The Morgan fingerprint density at radius 3 is 2.10 bits per heavy atom. The van der Waals surface area contributed by atoms with E-state index in [2.05, 4.69) is 24.3 Å². The lowest BCUT2D eigenvalue weighted by Crippen LogP contribution is -2.28. The Balaban J connectivity index is 1.25. The van der Waals surface area contributed by atoms with E-state index >= 15 is 0 Å². The van der Waals surface area contributed by atoms with Crippen molar-refractivity contribution in [2.45, 2.75) is 18.4 Å². The van der Waals surface area contributed by atoms with Crippen LogP contribution in [0.15, 0.2) is 78.9 Å². The summed E-state index contributed by atoms with van der Waals surface area (Å²) in [6, 6.07) is 25.6. The summed E-state index contributed by atoms with van der Waals surface area (Å²) in [5.74, 6) is -1.53. The third-order valence-electron chi connectivity index (χ3n) is 6.30. The Labute approximate surface area is 180 Å². The number of carboxylic acids is 1. The van der Waals surface area contributed by atoms with Gasteiger partial charge in [0.1, 0.15) is 6.61 Å². The molecule has 5 rings (SSSR count). The average molecular weight is 413 g/mol. The molecule has 1 aliphatic heterocycles. The van der Waals surface area contributed by atoms with Crippen molar-refractivity contribution < 1.29 is 19.4 Å². The molecule has 0 radical (unpaired) electrons. The van der Waals surface area contributed by atoms with Crippen LogP contribution in [0.5, 0.6) is 0 Å². The van der Waals surface area contributed by atoms with Crippen LogP contribution < -0.4 is 0 Å². The lowest BCUT2D eigenvalue weighted by Gasteiger charge is -2.16. The summed E-state index contributed by atoms with van der Waals surface area (Å²) in [5, 5.41) is 9.69. The fourth-order valence-electron chi connectivity index (χ4n) is 4.64. The molecule has 2 aliphatic rings. The first-order valence-electron chi connectivity index (χ1n) is 10.5. The summed E-state index contributed by atoms with van der Waals surface area (Å²) in [7, 11) is 0. The van der Waals surface area contributed by atoms with Gasteiger partial charge >= 0.3 is 12.1 Å². The van der Waals surface area contributed by atoms with Gasteiger partial charge in [-0.25, -0.2) is 4.79 Å². The molecule has 0 aromatic heterocycles. The highest BCUT2D eigenvalue weighted by molar-refractivity contribution is 5.80. The first-order valence-corrected chi connectivity index (χ1v) is 10.5. The van der Waals surface area contributed by atoms with Crippen LogP contribution in [0, 0.1) is 5.92 Å². The zero-order valence-electron chi connectivity index (χ0n) is 17.0. The van der Waals surface area contributed by atoms with E-state index in [1.807, 2.05) is 54.6 Å². The molecule has 0 unspecified atom stereocenters. The second-order valence-corrected chi connectivity index (χ2v) is 8.16. The number of hydrogen-bond donors (Lipinski definition) is 1. The number of nitrogens with zero attached hydrogens (tertiary/aromatic N) is 1. The molecule has 5 nitrogen and oxygen atoms in total. The first-order chi connectivity index (χ1) is 15.1. The molecule has 5 heteroatoms. The lowest BCUT2D eigenvalue weighted by molar-refractivity contribution is -0.141. The largest absolute Gasteiger partial charge is 0.481 e. The second kappa shape index (κ2) is 7.91. The van der Waals surface area contributed by atoms with Gasteiger partial charge in [0, 0.05) is 12.5 Å². The van der Waals surface area contributed by atoms with Crippen LogP contribution in [0.25, 0.3) is 11.1 Å². The summed E-state index contributed by atoms with van der Waals surface area (Å²) in [6.07, 6.45) is -0.0419. The fraction of sp³-hybridized carbons (Fsp3) is 0.231. The molecule has 0 bridgehead atoms. The van der Waals surface area contributed by atoms with Gasteiger partial charge in [-0.3, -0.25) is 4.79 Å². The van der Waals surface area contributed by atoms with Crippen LogP contribution in [0.3, 0.4) is 0 Å². The lowest BCUT2D eigenvalue weighted by atomic mass is 9.96. The minimum atomic E-state index is -0.886. The van der Waals surface area contributed by atoms with E-state index < -0.39 is 18.0 Å². The number of rotatable bonds is 6. The van der Waals surface area contributed by atoms with Crippen LogP contribution in [0.2, 0.25) is 0 Å². The van der Waals surface area contributed by atoms with Crippen LogP contribution in [-0.2, 0) is 16.0 Å². The van der Waals surface area contributed by atoms with Gasteiger partial charge in [0.25, 0.3) is 0 Å². The Morgan fingerprint density at radius 2 is 1.48 bits per heavy atom. The average Bonchev–Trinajstić information content (AvgIpc) is 3.53. The van der Waals surface area contributed by atoms with E-state index in [0.29, 0.717) is 13.0 Å². The molecular weight excluding hydrogens is 390 g/mol. The molecule has 0 spiro atoms. The summed E-state index contributed by atoms with van der Waals surface area (Å²) >= 11 is 0. The summed E-state index contributed by atoms with van der Waals surface area (Å²) < 4.78 is 5.67. The second-order valence-electron chi connectivity index (χ2n) is 8.16. The quantitative estimate of drug-likeness (QED) is 0.602. The maximum Gasteiger partial charge on any atom is 0.410 e. The number of carboxylic acid groups (broad SMARTS) is 1. The molecule has 2 atom stereocenters. The van der Waals surface area contributed by atoms with Crippen molar-refractivity contribution >= 4 is 12.1 Å². The van der Waals surface area contributed by atoms with E-state index in [1.54, 1.807) is 0 Å². The number of hydrogen-bond acceptors (Lipinski definition) is 3. The smallest absolute Gasteiger partial charge is 0.410 e. The summed E-state index contributed by atoms with van der Waals surface area (Å²) in [5.41, 5.74) is 5.63. The van der Waals surface area contributed by atoms with Gasteiger partial charge in [-0.05, 0) is 34.2 Å². The fourth-order valence-corrected chi connectivity index (χ4v) is 4.64. The van der Waals surface area contributed by atoms with Crippen molar-refractivity contribution in [3.8, 4) is 11.1 Å². The van der Waals surface area contributed by atoms with E-state index in [9.17, 15) is 14.7 Å². The Bertz CT molecular complexity index is 1080. The monoisotopic (exact) mass is 413 g/mol. The van der Waals surface area contributed by atoms with Gasteiger partial charge in [0.2, 0.25) is 0 Å². The Kier molecular flexibility index (Phi) is 4.94. The maximum atomic E-state index is 12.7. The predicted octanol–water partition coefficient (Wildman–Crippen LogP) is 4.56. The number of aliphatic carboxylic acids is 1. The van der Waals surface area contributed by atoms with Crippen LogP contribution in [-0.4, -0.2) is 41.3 Å². The summed E-state index contributed by atoms with van der Waals surface area (Å²) in [4.78, 5) is 26.0. The molecule has 0 saturated carbocycles. The summed E-state index contributed by atoms with van der Waals surface area (Å²) in [6.45, 7) is 0.660. The van der Waals surface area contributed by atoms with Crippen molar-refractivity contribution in [3.63, 3.8) is 0 Å². The van der Waals surface area contributed by atoms with Crippen molar-refractivity contribution in [2.24, 2.45) is 5.92 Å². The molecule has 1 fully saturated rings. The number of fused-ring (bicyclic) bond motifs is 3. The van der Waals surface area contributed by atoms with Gasteiger partial charge in [-0.15, -0.1) is 0 Å². The normalized spacial score (nSPS) is 17.5. The van der Waals surface area contributed by atoms with Gasteiger partial charge < -0.3 is 14.7 Å². The van der Waals surface area contributed by atoms with Gasteiger partial charge in [0.15, 0.2) is 0 Å². The maximum absolute atomic E-state index is 12.7. The first kappa shape index (κ1) is 19.4. The standard InChI is InChI=1S/C26H23NO4/c28-25(29)22(14-17-8-2-1-3-9-17)24-15-27(24)26(30)31-16-23-20-12-6-4-10-18(20)19-11-5-7-13-21(19)23/h1-13,22-24H,14-16H2,(H,28,29)/t22-,24+,27?/m0/s1. The minimum Gasteiger partial charge on any atom is -0.481 e. The minimum absolute atomic E-state index is 0.00524. The van der Waals surface area contributed by atoms with Gasteiger partial charge in [0.05, 0.1) is 12.0 Å². The number of carbonyl (C=O) groups is 2. The zero-order valence-corrected chi connectivity index (χ0v) is 17.0. The van der Waals surface area contributed by atoms with Crippen molar-refractivity contribution in [2.75, 3.05) is 13.2 Å². The predicted molar refractivity (Wildman–Crippen MR) is 117 cm³/mol. The van der Waals surface area contributed by atoms with Crippen LogP contribution >= 0.6 is 0 Å². The molecule has 1 aliphatic carbocycles. The third-order valence-corrected chi connectivity index (χ3v) is 6.30. The van der Waals surface area contributed by atoms with Gasteiger partial charge in [-0.1, -0.05) is 78.9 Å². The molecule has 1 heterocycles. The molecule has 3 aromatic carbocycles. The molecule has 156 valence electrons. The number of amides is 1. The molecule has 31 heavy (non-hydrogen) atoms. The SMILES string of the molecule is O=C(O)[C@@H](Cc1ccccc1)[C@H]1CN1C(=O)OCC1c2ccccc2-c2ccccc21.